The molecule has 9 atom stereocenters. The van der Waals surface area contributed by atoms with E-state index in [2.05, 4.69) is 0 Å². The summed E-state index contributed by atoms with van der Waals surface area (Å²) < 4.78 is 47.9. The Labute approximate surface area is 223 Å². The van der Waals surface area contributed by atoms with Gasteiger partial charge in [0.25, 0.3) is 0 Å². The number of carbonyl (C=O) groups is 6. The Kier molecular flexibility index (Phi) is 11.6. The zero-order valence-corrected chi connectivity index (χ0v) is 22.2. The molecular weight excluding hydrogens is 532 g/mol. The standard InChI is InChI=1S/C23H32O16/c1-9(24)33-15-7-31-23(21(38-14(6)29)18(15)35-11(3)26)32-8-16-17(34-10(2)25)19(36-12(4)27)20(22(30)39-16)37-13(5)28/h15-23,30H,7-8H2,1-6H3/t15-,16-,17-,18+,19+,20-,21-,22-,23-/m1/s1. The molecule has 39 heavy (non-hydrogen) atoms. The van der Waals surface area contributed by atoms with E-state index in [1.165, 1.54) is 0 Å². The molecule has 1 N–H and O–H groups in total. The Hall–Kier alpha value is -3.34. The van der Waals surface area contributed by atoms with Crippen LogP contribution in [-0.4, -0.2) is 109 Å². The predicted octanol–water partition coefficient (Wildman–Crippen LogP) is -1.33. The quantitative estimate of drug-likeness (QED) is 0.254. The smallest absolute Gasteiger partial charge is 0.303 e. The normalized spacial score (nSPS) is 32.2. The van der Waals surface area contributed by atoms with Crippen molar-refractivity contribution in [3.8, 4) is 0 Å². The van der Waals surface area contributed by atoms with E-state index in [1.54, 1.807) is 0 Å². The molecule has 0 radical (unpaired) electrons. The summed E-state index contributed by atoms with van der Waals surface area (Å²) in [4.78, 5) is 70.3. The van der Waals surface area contributed by atoms with E-state index < -0.39 is 97.7 Å². The summed E-state index contributed by atoms with van der Waals surface area (Å²) in [6.07, 6.45) is -13.0. The minimum atomic E-state index is -1.84. The predicted molar refractivity (Wildman–Crippen MR) is 120 cm³/mol. The van der Waals surface area contributed by atoms with E-state index in [4.69, 9.17) is 42.6 Å². The zero-order valence-electron chi connectivity index (χ0n) is 22.2. The van der Waals surface area contributed by atoms with Crippen molar-refractivity contribution in [1.82, 2.24) is 0 Å². The van der Waals surface area contributed by atoms with Crippen molar-refractivity contribution in [2.24, 2.45) is 0 Å². The SMILES string of the molecule is CC(=O)O[C@@H]1[C@@H](OC(C)=O)[C@H](O)O[C@H](CO[C@H]2OC[C@@H](OC(C)=O)[C@H](OC(C)=O)[C@H]2OC(C)=O)[C@H]1OC(C)=O. The van der Waals surface area contributed by atoms with Gasteiger partial charge in [-0.15, -0.1) is 0 Å². The maximum atomic E-state index is 11.8. The maximum Gasteiger partial charge on any atom is 0.303 e. The maximum absolute atomic E-state index is 11.8. The van der Waals surface area contributed by atoms with Crippen molar-refractivity contribution < 1.29 is 76.5 Å². The molecule has 16 nitrogen and oxygen atoms in total. The number of ether oxygens (including phenoxy) is 9. The van der Waals surface area contributed by atoms with Gasteiger partial charge in [0.1, 0.15) is 6.10 Å². The number of hydrogen-bond acceptors (Lipinski definition) is 16. The molecule has 0 aromatic carbocycles. The third-order valence-electron chi connectivity index (χ3n) is 5.24. The first kappa shape index (κ1) is 31.9. The van der Waals surface area contributed by atoms with Gasteiger partial charge in [0.2, 0.25) is 0 Å². The summed E-state index contributed by atoms with van der Waals surface area (Å²) in [5.41, 5.74) is 0. The number of aliphatic hydroxyl groups is 1. The van der Waals surface area contributed by atoms with Gasteiger partial charge >= 0.3 is 35.8 Å². The first-order chi connectivity index (χ1) is 18.2. The van der Waals surface area contributed by atoms with Crippen LogP contribution in [0.3, 0.4) is 0 Å². The summed E-state index contributed by atoms with van der Waals surface area (Å²) in [7, 11) is 0. The third-order valence-corrected chi connectivity index (χ3v) is 5.24. The monoisotopic (exact) mass is 564 g/mol. The lowest BCUT2D eigenvalue weighted by molar-refractivity contribution is -0.317. The molecule has 16 heteroatoms. The Morgan fingerprint density at radius 1 is 0.615 bits per heavy atom. The van der Waals surface area contributed by atoms with Crippen LogP contribution in [0.15, 0.2) is 0 Å². The fourth-order valence-electron chi connectivity index (χ4n) is 4.05. The van der Waals surface area contributed by atoms with Crippen molar-refractivity contribution >= 4 is 35.8 Å². The highest BCUT2D eigenvalue weighted by molar-refractivity contribution is 5.69. The molecule has 2 aliphatic heterocycles. The zero-order chi connectivity index (χ0) is 29.4. The number of carbonyl (C=O) groups excluding carboxylic acids is 6. The van der Waals surface area contributed by atoms with Gasteiger partial charge in [-0.1, -0.05) is 0 Å². The van der Waals surface area contributed by atoms with Gasteiger partial charge in [0, 0.05) is 41.5 Å². The molecule has 2 aliphatic rings. The summed E-state index contributed by atoms with van der Waals surface area (Å²) in [5.74, 6) is -4.79. The second-order valence-electron chi connectivity index (χ2n) is 8.62. The van der Waals surface area contributed by atoms with Crippen LogP contribution in [0.5, 0.6) is 0 Å². The number of rotatable bonds is 9. The van der Waals surface area contributed by atoms with Gasteiger partial charge in [-0.2, -0.15) is 0 Å². The molecule has 0 bridgehead atoms. The topological polar surface area (TPSA) is 206 Å². The highest BCUT2D eigenvalue weighted by Gasteiger charge is 2.53. The van der Waals surface area contributed by atoms with Gasteiger partial charge in [0.05, 0.1) is 13.2 Å². The van der Waals surface area contributed by atoms with Gasteiger partial charge in [-0.05, 0) is 0 Å². The van der Waals surface area contributed by atoms with Crippen LogP contribution < -0.4 is 0 Å². The molecule has 0 aromatic heterocycles. The number of esters is 6. The summed E-state index contributed by atoms with van der Waals surface area (Å²) in [6.45, 7) is 5.60. The molecule has 2 fully saturated rings. The Morgan fingerprint density at radius 3 is 1.56 bits per heavy atom. The van der Waals surface area contributed by atoms with Crippen LogP contribution in [0.2, 0.25) is 0 Å². The molecule has 0 saturated carbocycles. The number of hydrogen-bond donors (Lipinski definition) is 1. The van der Waals surface area contributed by atoms with E-state index in [0.29, 0.717) is 0 Å². The molecular formula is C23H32O16. The minimum Gasteiger partial charge on any atom is -0.456 e. The van der Waals surface area contributed by atoms with E-state index in [-0.39, 0.29) is 6.61 Å². The van der Waals surface area contributed by atoms with Crippen molar-refractivity contribution in [3.05, 3.63) is 0 Å². The molecule has 2 heterocycles. The average Bonchev–Trinajstić information content (AvgIpc) is 2.78. The lowest BCUT2D eigenvalue weighted by atomic mass is 9.98. The van der Waals surface area contributed by atoms with Crippen molar-refractivity contribution in [1.29, 1.82) is 0 Å². The largest absolute Gasteiger partial charge is 0.456 e. The van der Waals surface area contributed by atoms with Crippen molar-refractivity contribution in [3.63, 3.8) is 0 Å². The van der Waals surface area contributed by atoms with Gasteiger partial charge in [-0.3, -0.25) is 28.8 Å². The first-order valence-corrected chi connectivity index (χ1v) is 11.8. The first-order valence-electron chi connectivity index (χ1n) is 11.8. The number of aliphatic hydroxyl groups excluding tert-OH is 1. The van der Waals surface area contributed by atoms with Crippen LogP contribution in [0.4, 0.5) is 0 Å². The van der Waals surface area contributed by atoms with Crippen molar-refractivity contribution in [2.75, 3.05) is 13.2 Å². The molecule has 0 aliphatic carbocycles. The van der Waals surface area contributed by atoms with Gasteiger partial charge < -0.3 is 47.7 Å². The molecule has 0 aromatic rings. The Balaban J connectivity index is 2.32. The highest BCUT2D eigenvalue weighted by Crippen LogP contribution is 2.30. The Morgan fingerprint density at radius 2 is 1.05 bits per heavy atom. The van der Waals surface area contributed by atoms with E-state index in [0.717, 1.165) is 41.5 Å². The molecule has 0 unspecified atom stereocenters. The van der Waals surface area contributed by atoms with Crippen LogP contribution in [-0.2, 0) is 71.4 Å². The average molecular weight is 564 g/mol. The molecule has 0 spiro atoms. The highest BCUT2D eigenvalue weighted by atomic mass is 16.7. The van der Waals surface area contributed by atoms with Crippen LogP contribution in [0.1, 0.15) is 41.5 Å². The fourth-order valence-corrected chi connectivity index (χ4v) is 4.05. The molecule has 0 amide bonds. The van der Waals surface area contributed by atoms with Gasteiger partial charge in [-0.25, -0.2) is 0 Å². The summed E-state index contributed by atoms with van der Waals surface area (Å²) >= 11 is 0. The molecule has 2 rings (SSSR count). The van der Waals surface area contributed by atoms with E-state index >= 15 is 0 Å². The van der Waals surface area contributed by atoms with Crippen LogP contribution in [0, 0.1) is 0 Å². The minimum absolute atomic E-state index is 0.327. The summed E-state index contributed by atoms with van der Waals surface area (Å²) in [6, 6.07) is 0. The van der Waals surface area contributed by atoms with Gasteiger partial charge in [0.15, 0.2) is 49.2 Å². The molecule has 220 valence electrons. The lowest BCUT2D eigenvalue weighted by Crippen LogP contribution is -2.63. The third kappa shape index (κ3) is 9.42. The fraction of sp³-hybridized carbons (Fsp3) is 0.739. The van der Waals surface area contributed by atoms with E-state index in [9.17, 15) is 33.9 Å². The second-order valence-corrected chi connectivity index (χ2v) is 8.62. The van der Waals surface area contributed by atoms with E-state index in [1.807, 2.05) is 0 Å². The lowest BCUT2D eigenvalue weighted by Gasteiger charge is -2.44. The van der Waals surface area contributed by atoms with Crippen LogP contribution >= 0.6 is 0 Å². The van der Waals surface area contributed by atoms with Crippen LogP contribution in [0.25, 0.3) is 0 Å². The Bertz CT molecular complexity index is 933. The second kappa shape index (κ2) is 14.2. The summed E-state index contributed by atoms with van der Waals surface area (Å²) in [5, 5.41) is 10.5. The molecule has 2 saturated heterocycles. The van der Waals surface area contributed by atoms with Crippen molar-refractivity contribution in [2.45, 2.75) is 96.9 Å².